The van der Waals surface area contributed by atoms with Crippen LogP contribution in [0.4, 0.5) is 8.78 Å². The van der Waals surface area contributed by atoms with Gasteiger partial charge >= 0.3 is 0 Å². The minimum Gasteiger partial charge on any atom is -0.384 e. The molecule has 0 unspecified atom stereocenters. The van der Waals surface area contributed by atoms with E-state index in [0.29, 0.717) is 42.3 Å². The van der Waals surface area contributed by atoms with Crippen LogP contribution in [0.5, 0.6) is 0 Å². The summed E-state index contributed by atoms with van der Waals surface area (Å²) >= 11 is 0. The number of rotatable bonds is 5. The lowest BCUT2D eigenvalue weighted by molar-refractivity contribution is -0.168. The van der Waals surface area contributed by atoms with Gasteiger partial charge in [0.15, 0.2) is 0 Å². The summed E-state index contributed by atoms with van der Waals surface area (Å²) < 4.78 is 28.7. The van der Waals surface area contributed by atoms with Crippen LogP contribution in [0.15, 0.2) is 11.6 Å². The molecule has 0 bridgehead atoms. The van der Waals surface area contributed by atoms with Gasteiger partial charge in [-0.05, 0) is 99.2 Å². The van der Waals surface area contributed by atoms with E-state index >= 15 is 0 Å². The molecule has 0 aromatic heterocycles. The molecule has 0 spiro atoms. The number of hydrogen-bond acceptors (Lipinski definition) is 2. The maximum Gasteiger partial charge on any atom is 0.275 e. The predicted molar refractivity (Wildman–Crippen MR) is 120 cm³/mol. The van der Waals surface area contributed by atoms with Crippen molar-refractivity contribution in [3.63, 3.8) is 0 Å². The van der Waals surface area contributed by atoms with Crippen LogP contribution < -0.4 is 0 Å². The highest BCUT2D eigenvalue weighted by atomic mass is 19.3. The molecule has 0 aliphatic heterocycles. The number of aliphatic hydroxyl groups is 1. The summed E-state index contributed by atoms with van der Waals surface area (Å²) in [6.45, 7) is 9.46. The standard InChI is InChI=1S/C27H42F2O2/c1-17(10-15-27(28,29)24(2,3)31)21-8-9-22-20-7-6-18-16-19(30)11-13-25(18,4)23(20)12-14-26(21,22)5/h6,17,20-23,31H,7-16H2,1-5H3/t17-,20+,21-,22+,23+,25+,26-/m1/s1. The predicted octanol–water partition coefficient (Wildman–Crippen LogP) is 6.96. The van der Waals surface area contributed by atoms with Crippen LogP contribution >= 0.6 is 0 Å². The molecular weight excluding hydrogens is 394 g/mol. The first-order valence-corrected chi connectivity index (χ1v) is 12.6. The fourth-order valence-electron chi connectivity index (χ4n) is 8.37. The van der Waals surface area contributed by atoms with E-state index < -0.39 is 11.5 Å². The van der Waals surface area contributed by atoms with Gasteiger partial charge < -0.3 is 5.11 Å². The molecule has 4 heteroatoms. The van der Waals surface area contributed by atoms with Gasteiger partial charge in [-0.1, -0.05) is 32.4 Å². The molecule has 7 atom stereocenters. The van der Waals surface area contributed by atoms with Gasteiger partial charge in [-0.2, -0.15) is 0 Å². The van der Waals surface area contributed by atoms with E-state index in [4.69, 9.17) is 0 Å². The van der Waals surface area contributed by atoms with Crippen molar-refractivity contribution in [2.75, 3.05) is 0 Å². The molecule has 176 valence electrons. The topological polar surface area (TPSA) is 37.3 Å². The van der Waals surface area contributed by atoms with Crippen molar-refractivity contribution < 1.29 is 18.7 Å². The van der Waals surface area contributed by atoms with Gasteiger partial charge in [-0.15, -0.1) is 0 Å². The van der Waals surface area contributed by atoms with Crippen molar-refractivity contribution in [3.05, 3.63) is 11.6 Å². The highest BCUT2D eigenvalue weighted by molar-refractivity contribution is 5.82. The molecule has 0 heterocycles. The van der Waals surface area contributed by atoms with Crippen molar-refractivity contribution in [1.29, 1.82) is 0 Å². The molecule has 3 fully saturated rings. The van der Waals surface area contributed by atoms with Crippen molar-refractivity contribution in [3.8, 4) is 0 Å². The minimum atomic E-state index is -3.05. The van der Waals surface area contributed by atoms with Gasteiger partial charge in [0, 0.05) is 19.3 Å². The Morgan fingerprint density at radius 3 is 2.55 bits per heavy atom. The molecule has 0 radical (unpaired) electrons. The molecule has 2 nitrogen and oxygen atoms in total. The Balaban J connectivity index is 1.49. The Bertz CT molecular complexity index is 751. The Kier molecular flexibility index (Phi) is 5.76. The van der Waals surface area contributed by atoms with E-state index in [1.807, 2.05) is 0 Å². The first-order chi connectivity index (χ1) is 14.3. The fourth-order valence-corrected chi connectivity index (χ4v) is 8.37. The highest BCUT2D eigenvalue weighted by Gasteiger charge is 2.59. The molecule has 0 aromatic carbocycles. The lowest BCUT2D eigenvalue weighted by Gasteiger charge is -2.58. The van der Waals surface area contributed by atoms with Gasteiger partial charge in [0.05, 0.1) is 0 Å². The summed E-state index contributed by atoms with van der Waals surface area (Å²) in [5.41, 5.74) is -0.131. The summed E-state index contributed by atoms with van der Waals surface area (Å²) in [6, 6.07) is 0. The zero-order chi connectivity index (χ0) is 22.8. The Hall–Kier alpha value is -0.770. The van der Waals surface area contributed by atoms with Crippen LogP contribution in [0.3, 0.4) is 0 Å². The zero-order valence-corrected chi connectivity index (χ0v) is 20.1. The SMILES string of the molecule is C[C@H](CCC(F)(F)C(C)(C)O)[C@H]1CC[C@H]2[C@@H]3CC=C4CC(=O)CC[C@]4(C)[C@H]3CC[C@]12C. The quantitative estimate of drug-likeness (QED) is 0.473. The minimum absolute atomic E-state index is 0.191. The van der Waals surface area contributed by atoms with Crippen LogP contribution in [0.2, 0.25) is 0 Å². The number of alkyl halides is 2. The number of ketones is 1. The van der Waals surface area contributed by atoms with Crippen molar-refractivity contribution in [2.45, 2.75) is 110 Å². The summed E-state index contributed by atoms with van der Waals surface area (Å²) in [5, 5.41) is 9.85. The second-order valence-corrected chi connectivity index (χ2v) is 12.5. The molecule has 0 amide bonds. The van der Waals surface area contributed by atoms with Gasteiger partial charge in [0.2, 0.25) is 0 Å². The monoisotopic (exact) mass is 436 g/mol. The largest absolute Gasteiger partial charge is 0.384 e. The van der Waals surface area contributed by atoms with E-state index in [-0.39, 0.29) is 23.2 Å². The molecule has 4 rings (SSSR count). The first-order valence-electron chi connectivity index (χ1n) is 12.6. The molecule has 0 aromatic rings. The molecule has 4 aliphatic rings. The zero-order valence-electron chi connectivity index (χ0n) is 20.1. The van der Waals surface area contributed by atoms with Gasteiger partial charge in [0.25, 0.3) is 5.92 Å². The lowest BCUT2D eigenvalue weighted by Crippen LogP contribution is -2.50. The maximum absolute atomic E-state index is 14.4. The van der Waals surface area contributed by atoms with Gasteiger partial charge in [-0.25, -0.2) is 8.78 Å². The van der Waals surface area contributed by atoms with Crippen LogP contribution in [0, 0.1) is 40.4 Å². The number of hydrogen-bond donors (Lipinski definition) is 1. The van der Waals surface area contributed by atoms with Crippen LogP contribution in [0.25, 0.3) is 0 Å². The van der Waals surface area contributed by atoms with E-state index in [0.717, 1.165) is 25.7 Å². The summed E-state index contributed by atoms with van der Waals surface area (Å²) in [6.07, 6.45) is 10.9. The van der Waals surface area contributed by atoms with Crippen LogP contribution in [-0.2, 0) is 4.79 Å². The molecule has 4 aliphatic carbocycles. The van der Waals surface area contributed by atoms with Gasteiger partial charge in [0.1, 0.15) is 11.4 Å². The lowest BCUT2D eigenvalue weighted by atomic mass is 9.47. The first kappa shape index (κ1) is 23.4. The third kappa shape index (κ3) is 3.73. The van der Waals surface area contributed by atoms with E-state index in [2.05, 4.69) is 26.8 Å². The highest BCUT2D eigenvalue weighted by Crippen LogP contribution is 2.67. The molecule has 1 N–H and O–H groups in total. The third-order valence-electron chi connectivity index (χ3n) is 10.5. The number of allylic oxidation sites excluding steroid dienone is 2. The maximum atomic E-state index is 14.4. The van der Waals surface area contributed by atoms with E-state index in [1.54, 1.807) is 0 Å². The van der Waals surface area contributed by atoms with Crippen molar-refractivity contribution in [2.24, 2.45) is 40.4 Å². The molecule has 0 saturated heterocycles. The van der Waals surface area contributed by atoms with Crippen LogP contribution in [0.1, 0.15) is 98.8 Å². The Morgan fingerprint density at radius 1 is 1.16 bits per heavy atom. The number of carbonyl (C=O) groups is 1. The average molecular weight is 437 g/mol. The summed E-state index contributed by atoms with van der Waals surface area (Å²) in [5.74, 6) is 0.110. The smallest absolute Gasteiger partial charge is 0.275 e. The number of fused-ring (bicyclic) bond motifs is 5. The summed E-state index contributed by atoms with van der Waals surface area (Å²) in [7, 11) is 0. The Labute approximate surface area is 187 Å². The molecule has 31 heavy (non-hydrogen) atoms. The fraction of sp³-hybridized carbons (Fsp3) is 0.889. The average Bonchev–Trinajstić information content (AvgIpc) is 3.03. The Morgan fingerprint density at radius 2 is 1.87 bits per heavy atom. The molecular formula is C27H42F2O2. The van der Waals surface area contributed by atoms with Crippen molar-refractivity contribution >= 4 is 5.78 Å². The third-order valence-corrected chi connectivity index (χ3v) is 10.5. The number of halogens is 2. The van der Waals surface area contributed by atoms with E-state index in [1.165, 1.54) is 38.7 Å². The molecule has 3 saturated carbocycles. The van der Waals surface area contributed by atoms with E-state index in [9.17, 15) is 18.7 Å². The van der Waals surface area contributed by atoms with Gasteiger partial charge in [-0.3, -0.25) is 4.79 Å². The van der Waals surface area contributed by atoms with Crippen molar-refractivity contribution in [1.82, 2.24) is 0 Å². The number of carbonyl (C=O) groups excluding carboxylic acids is 1. The second kappa shape index (κ2) is 7.64. The second-order valence-electron chi connectivity index (χ2n) is 12.5. The summed E-state index contributed by atoms with van der Waals surface area (Å²) in [4.78, 5) is 12.1. The van der Waals surface area contributed by atoms with Crippen LogP contribution in [-0.4, -0.2) is 22.4 Å². The number of Topliss-reactive ketones (excluding diaryl/α,β-unsaturated/α-hetero) is 1. The normalized spacial score (nSPS) is 41.8.